The van der Waals surface area contributed by atoms with Gasteiger partial charge in [0.1, 0.15) is 0 Å². The standard InChI is InChI=1S/C19H27N3O5/c1-13-11-22(12-14(2)26-13)18(24)15(3)27-17(23)9-10-20-19(25)21-16-7-5-4-6-8-16/h4-8,13-15H,9-12H2,1-3H3,(H2,20,21,25)/t13-,14-,15+/m1/s1. The molecule has 0 aliphatic carbocycles. The van der Waals surface area contributed by atoms with Crippen LogP contribution in [0.2, 0.25) is 0 Å². The second kappa shape index (κ2) is 9.91. The number of urea groups is 1. The second-order valence-corrected chi connectivity index (χ2v) is 6.63. The van der Waals surface area contributed by atoms with E-state index >= 15 is 0 Å². The molecule has 27 heavy (non-hydrogen) atoms. The maximum Gasteiger partial charge on any atom is 0.319 e. The van der Waals surface area contributed by atoms with E-state index in [-0.39, 0.29) is 31.1 Å². The van der Waals surface area contributed by atoms with Crippen LogP contribution in [-0.4, -0.2) is 60.8 Å². The van der Waals surface area contributed by atoms with Gasteiger partial charge in [-0.05, 0) is 32.9 Å². The Morgan fingerprint density at radius 3 is 2.44 bits per heavy atom. The molecule has 0 radical (unpaired) electrons. The average Bonchev–Trinajstić information content (AvgIpc) is 2.61. The monoisotopic (exact) mass is 377 g/mol. The first-order valence-corrected chi connectivity index (χ1v) is 9.08. The smallest absolute Gasteiger partial charge is 0.319 e. The Morgan fingerprint density at radius 1 is 1.19 bits per heavy atom. The van der Waals surface area contributed by atoms with Gasteiger partial charge in [-0.1, -0.05) is 18.2 Å². The summed E-state index contributed by atoms with van der Waals surface area (Å²) in [5.41, 5.74) is 0.658. The van der Waals surface area contributed by atoms with E-state index in [9.17, 15) is 14.4 Å². The molecular formula is C19H27N3O5. The highest BCUT2D eigenvalue weighted by Gasteiger charge is 2.30. The van der Waals surface area contributed by atoms with Crippen molar-refractivity contribution in [3.05, 3.63) is 30.3 Å². The quantitative estimate of drug-likeness (QED) is 0.737. The number of carbonyl (C=O) groups is 3. The summed E-state index contributed by atoms with van der Waals surface area (Å²) in [7, 11) is 0. The van der Waals surface area contributed by atoms with Gasteiger partial charge >= 0.3 is 12.0 Å². The van der Waals surface area contributed by atoms with E-state index in [0.717, 1.165) is 0 Å². The molecule has 0 aromatic heterocycles. The summed E-state index contributed by atoms with van der Waals surface area (Å²) in [5.74, 6) is -0.773. The largest absolute Gasteiger partial charge is 0.452 e. The Morgan fingerprint density at radius 2 is 1.81 bits per heavy atom. The van der Waals surface area contributed by atoms with Crippen molar-refractivity contribution in [1.29, 1.82) is 0 Å². The number of hydrogen-bond donors (Lipinski definition) is 2. The predicted octanol–water partition coefficient (Wildman–Crippen LogP) is 1.77. The van der Waals surface area contributed by atoms with Crippen LogP contribution in [0.3, 0.4) is 0 Å². The van der Waals surface area contributed by atoms with Crippen LogP contribution in [-0.2, 0) is 19.1 Å². The van der Waals surface area contributed by atoms with E-state index in [4.69, 9.17) is 9.47 Å². The molecule has 1 heterocycles. The van der Waals surface area contributed by atoms with Crippen molar-refractivity contribution in [3.63, 3.8) is 0 Å². The van der Waals surface area contributed by atoms with Crippen LogP contribution >= 0.6 is 0 Å². The summed E-state index contributed by atoms with van der Waals surface area (Å²) in [6.45, 7) is 6.43. The fourth-order valence-corrected chi connectivity index (χ4v) is 2.90. The van der Waals surface area contributed by atoms with Crippen LogP contribution in [0.15, 0.2) is 30.3 Å². The molecule has 1 aromatic rings. The van der Waals surface area contributed by atoms with Crippen molar-refractivity contribution < 1.29 is 23.9 Å². The Kier molecular flexibility index (Phi) is 7.60. The van der Waals surface area contributed by atoms with Crippen molar-refractivity contribution in [2.75, 3.05) is 25.0 Å². The predicted molar refractivity (Wildman–Crippen MR) is 100 cm³/mol. The van der Waals surface area contributed by atoms with Crippen molar-refractivity contribution >= 4 is 23.6 Å². The van der Waals surface area contributed by atoms with E-state index in [0.29, 0.717) is 18.8 Å². The highest BCUT2D eigenvalue weighted by molar-refractivity contribution is 5.89. The number of esters is 1. The van der Waals surface area contributed by atoms with E-state index in [1.807, 2.05) is 19.9 Å². The summed E-state index contributed by atoms with van der Waals surface area (Å²) in [4.78, 5) is 37.7. The molecule has 3 atom stereocenters. The van der Waals surface area contributed by atoms with Crippen molar-refractivity contribution in [3.8, 4) is 0 Å². The van der Waals surface area contributed by atoms with Crippen molar-refractivity contribution in [2.24, 2.45) is 0 Å². The van der Waals surface area contributed by atoms with Crippen LogP contribution in [0.1, 0.15) is 27.2 Å². The normalized spacial score (nSPS) is 20.5. The third kappa shape index (κ3) is 6.90. The lowest BCUT2D eigenvalue weighted by Gasteiger charge is -2.36. The molecule has 0 bridgehead atoms. The van der Waals surface area contributed by atoms with Crippen LogP contribution in [0.5, 0.6) is 0 Å². The van der Waals surface area contributed by atoms with Gasteiger partial charge in [-0.3, -0.25) is 9.59 Å². The van der Waals surface area contributed by atoms with Crippen molar-refractivity contribution in [1.82, 2.24) is 10.2 Å². The lowest BCUT2D eigenvalue weighted by molar-refractivity contribution is -0.164. The van der Waals surface area contributed by atoms with Gasteiger partial charge in [0.25, 0.3) is 5.91 Å². The molecule has 1 saturated heterocycles. The SMILES string of the molecule is C[C@@H]1CN(C(=O)[C@H](C)OC(=O)CCNC(=O)Nc2ccccc2)C[C@@H](C)O1. The number of para-hydroxylation sites is 1. The summed E-state index contributed by atoms with van der Waals surface area (Å²) < 4.78 is 10.8. The van der Waals surface area contributed by atoms with E-state index in [1.54, 1.807) is 36.1 Å². The van der Waals surface area contributed by atoms with Crippen LogP contribution in [0.4, 0.5) is 10.5 Å². The average molecular weight is 377 g/mol. The summed E-state index contributed by atoms with van der Waals surface area (Å²) in [5, 5.41) is 5.23. The van der Waals surface area contributed by atoms with Gasteiger partial charge in [0.15, 0.2) is 6.10 Å². The Balaban J connectivity index is 1.68. The number of carbonyl (C=O) groups excluding carboxylic acids is 3. The number of ether oxygens (including phenoxy) is 2. The van der Waals surface area contributed by atoms with Gasteiger partial charge in [-0.2, -0.15) is 0 Å². The highest BCUT2D eigenvalue weighted by Crippen LogP contribution is 2.13. The molecule has 8 nitrogen and oxygen atoms in total. The minimum atomic E-state index is -0.867. The zero-order valence-corrected chi connectivity index (χ0v) is 15.9. The Labute approximate surface area is 159 Å². The lowest BCUT2D eigenvalue weighted by Crippen LogP contribution is -2.51. The zero-order chi connectivity index (χ0) is 19.8. The molecule has 1 aliphatic rings. The molecule has 3 amide bonds. The van der Waals surface area contributed by atoms with Crippen LogP contribution in [0, 0.1) is 0 Å². The summed E-state index contributed by atoms with van der Waals surface area (Å²) in [6.07, 6.45) is -0.982. The first-order chi connectivity index (χ1) is 12.8. The third-order valence-electron chi connectivity index (χ3n) is 4.03. The number of amides is 3. The molecule has 2 N–H and O–H groups in total. The molecule has 1 aromatic carbocycles. The Hall–Kier alpha value is -2.61. The number of nitrogens with one attached hydrogen (secondary N) is 2. The topological polar surface area (TPSA) is 97.0 Å². The van der Waals surface area contributed by atoms with E-state index in [1.165, 1.54) is 0 Å². The van der Waals surface area contributed by atoms with Gasteiger partial charge in [-0.15, -0.1) is 0 Å². The summed E-state index contributed by atoms with van der Waals surface area (Å²) in [6, 6.07) is 8.57. The maximum absolute atomic E-state index is 12.4. The van der Waals surface area contributed by atoms with Crippen LogP contribution in [0.25, 0.3) is 0 Å². The van der Waals surface area contributed by atoms with Gasteiger partial charge in [-0.25, -0.2) is 4.79 Å². The molecule has 148 valence electrons. The van der Waals surface area contributed by atoms with Gasteiger partial charge in [0, 0.05) is 25.3 Å². The second-order valence-electron chi connectivity index (χ2n) is 6.63. The summed E-state index contributed by atoms with van der Waals surface area (Å²) >= 11 is 0. The molecule has 0 unspecified atom stereocenters. The first kappa shape index (κ1) is 20.7. The fourth-order valence-electron chi connectivity index (χ4n) is 2.90. The number of morpholine rings is 1. The molecule has 2 rings (SSSR count). The minimum absolute atomic E-state index is 0.0181. The fraction of sp³-hybridized carbons (Fsp3) is 0.526. The molecule has 0 saturated carbocycles. The molecule has 1 aliphatic heterocycles. The van der Waals surface area contributed by atoms with Gasteiger partial charge < -0.3 is 25.0 Å². The number of rotatable bonds is 6. The first-order valence-electron chi connectivity index (χ1n) is 9.08. The molecule has 1 fully saturated rings. The van der Waals surface area contributed by atoms with Crippen molar-refractivity contribution in [2.45, 2.75) is 45.5 Å². The number of anilines is 1. The number of nitrogens with zero attached hydrogens (tertiary/aromatic N) is 1. The molecule has 0 spiro atoms. The third-order valence-corrected chi connectivity index (χ3v) is 4.03. The molecular weight excluding hydrogens is 350 g/mol. The maximum atomic E-state index is 12.4. The zero-order valence-electron chi connectivity index (χ0n) is 15.9. The van der Waals surface area contributed by atoms with Gasteiger partial charge in [0.05, 0.1) is 18.6 Å². The van der Waals surface area contributed by atoms with Gasteiger partial charge in [0.2, 0.25) is 0 Å². The van der Waals surface area contributed by atoms with E-state index in [2.05, 4.69) is 10.6 Å². The number of benzene rings is 1. The minimum Gasteiger partial charge on any atom is -0.452 e. The van der Waals surface area contributed by atoms with E-state index < -0.39 is 18.1 Å². The molecule has 8 heteroatoms. The number of hydrogen-bond acceptors (Lipinski definition) is 5. The lowest BCUT2D eigenvalue weighted by atomic mass is 10.2. The highest BCUT2D eigenvalue weighted by atomic mass is 16.5. The Bertz CT molecular complexity index is 642. The van der Waals surface area contributed by atoms with Crippen LogP contribution < -0.4 is 10.6 Å².